The molecule has 134 valence electrons. The number of aromatic amines is 1. The van der Waals surface area contributed by atoms with Gasteiger partial charge in [0.05, 0.1) is 11.0 Å². The van der Waals surface area contributed by atoms with E-state index >= 15 is 0 Å². The van der Waals surface area contributed by atoms with Gasteiger partial charge < -0.3 is 15.2 Å². The summed E-state index contributed by atoms with van der Waals surface area (Å²) in [7, 11) is 1.61. The summed E-state index contributed by atoms with van der Waals surface area (Å²) in [4.78, 5) is 29.6. The molecule has 0 spiro atoms. The predicted molar refractivity (Wildman–Crippen MR) is 108 cm³/mol. The monoisotopic (exact) mass is 413 g/mol. The first-order valence-electron chi connectivity index (χ1n) is 8.26. The first-order chi connectivity index (χ1) is 12.4. The lowest BCUT2D eigenvalue weighted by atomic mass is 10.1. The largest absolute Gasteiger partial charge is 0.350 e. The maximum absolute atomic E-state index is 12.7. The number of carbonyl (C=O) groups excluding carboxylic acids is 2. The van der Waals surface area contributed by atoms with E-state index in [1.165, 1.54) is 4.90 Å². The Morgan fingerprint density at radius 3 is 2.58 bits per heavy atom. The maximum Gasteiger partial charge on any atom is 0.271 e. The molecule has 0 radical (unpaired) electrons. The molecular weight excluding hydrogens is 394 g/mol. The molecule has 3 rings (SSSR count). The summed E-state index contributed by atoms with van der Waals surface area (Å²) >= 11 is 3.48. The molecule has 2 amide bonds. The molecule has 0 fully saturated rings. The first-order valence-corrected chi connectivity index (χ1v) is 9.05. The second-order valence-electron chi connectivity index (χ2n) is 6.32. The Morgan fingerprint density at radius 2 is 1.85 bits per heavy atom. The topological polar surface area (TPSA) is 65.2 Å². The van der Waals surface area contributed by atoms with Crippen molar-refractivity contribution >= 4 is 44.3 Å². The van der Waals surface area contributed by atoms with Gasteiger partial charge in [-0.2, -0.15) is 0 Å². The minimum absolute atomic E-state index is 0.0337. The molecule has 0 saturated carbocycles. The van der Waals surface area contributed by atoms with Crippen LogP contribution in [0.15, 0.2) is 46.9 Å². The van der Waals surface area contributed by atoms with Crippen LogP contribution in [0.3, 0.4) is 0 Å². The molecule has 0 atom stereocenters. The van der Waals surface area contributed by atoms with Crippen LogP contribution in [0.25, 0.3) is 10.9 Å². The molecule has 0 aliphatic rings. The van der Waals surface area contributed by atoms with Crippen LogP contribution in [-0.4, -0.2) is 35.3 Å². The first kappa shape index (κ1) is 18.2. The number of aromatic nitrogens is 1. The van der Waals surface area contributed by atoms with Crippen LogP contribution in [0.4, 0.5) is 5.69 Å². The van der Waals surface area contributed by atoms with Gasteiger partial charge in [-0.25, -0.2) is 0 Å². The van der Waals surface area contributed by atoms with Crippen molar-refractivity contribution in [2.75, 3.05) is 18.9 Å². The standard InChI is InChI=1S/C20H20BrN3O2/c1-12-7-6-10-15(13(12)2)22-17(25)11-24(3)20(26)19-18(21)14-8-4-5-9-16(14)23-19/h4-10,23H,11H2,1-3H3,(H,22,25). The summed E-state index contributed by atoms with van der Waals surface area (Å²) in [5, 5.41) is 3.81. The highest BCUT2D eigenvalue weighted by molar-refractivity contribution is 9.10. The van der Waals surface area contributed by atoms with E-state index in [9.17, 15) is 9.59 Å². The van der Waals surface area contributed by atoms with Crippen molar-refractivity contribution in [1.29, 1.82) is 0 Å². The number of amides is 2. The van der Waals surface area contributed by atoms with Crippen LogP contribution in [0.5, 0.6) is 0 Å². The van der Waals surface area contributed by atoms with Crippen molar-refractivity contribution in [1.82, 2.24) is 9.88 Å². The van der Waals surface area contributed by atoms with E-state index in [1.54, 1.807) is 7.05 Å². The van der Waals surface area contributed by atoms with E-state index < -0.39 is 0 Å². The van der Waals surface area contributed by atoms with Crippen molar-refractivity contribution in [2.45, 2.75) is 13.8 Å². The highest BCUT2D eigenvalue weighted by Crippen LogP contribution is 2.28. The third-order valence-electron chi connectivity index (χ3n) is 4.46. The molecule has 1 heterocycles. The van der Waals surface area contributed by atoms with E-state index in [0.29, 0.717) is 10.2 Å². The number of anilines is 1. The lowest BCUT2D eigenvalue weighted by molar-refractivity contribution is -0.116. The van der Waals surface area contributed by atoms with Crippen molar-refractivity contribution in [3.05, 3.63) is 63.8 Å². The quantitative estimate of drug-likeness (QED) is 0.670. The summed E-state index contributed by atoms with van der Waals surface area (Å²) in [6.45, 7) is 3.92. The van der Waals surface area contributed by atoms with Crippen LogP contribution in [0.2, 0.25) is 0 Å². The van der Waals surface area contributed by atoms with E-state index in [-0.39, 0.29) is 18.4 Å². The Kier molecular flexibility index (Phi) is 5.13. The molecule has 0 saturated heterocycles. The van der Waals surface area contributed by atoms with E-state index in [2.05, 4.69) is 26.2 Å². The Balaban J connectivity index is 1.73. The Hall–Kier alpha value is -2.60. The number of hydrogen-bond donors (Lipinski definition) is 2. The zero-order valence-electron chi connectivity index (χ0n) is 14.9. The molecule has 0 unspecified atom stereocenters. The summed E-state index contributed by atoms with van der Waals surface area (Å²) in [5.74, 6) is -0.481. The molecule has 2 aromatic carbocycles. The van der Waals surface area contributed by atoms with Crippen molar-refractivity contribution < 1.29 is 9.59 Å². The Bertz CT molecular complexity index is 994. The number of para-hydroxylation sites is 1. The number of nitrogens with zero attached hydrogens (tertiary/aromatic N) is 1. The third-order valence-corrected chi connectivity index (χ3v) is 5.29. The van der Waals surface area contributed by atoms with Gasteiger partial charge in [-0.15, -0.1) is 0 Å². The fourth-order valence-corrected chi connectivity index (χ4v) is 3.42. The van der Waals surface area contributed by atoms with Gasteiger partial charge in [-0.05, 0) is 53.0 Å². The number of aryl methyl sites for hydroxylation is 1. The number of nitrogens with one attached hydrogen (secondary N) is 2. The van der Waals surface area contributed by atoms with Gasteiger partial charge in [0, 0.05) is 23.6 Å². The van der Waals surface area contributed by atoms with E-state index in [0.717, 1.165) is 27.7 Å². The average molecular weight is 414 g/mol. The lowest BCUT2D eigenvalue weighted by Crippen LogP contribution is -2.35. The molecular formula is C20H20BrN3O2. The zero-order valence-corrected chi connectivity index (χ0v) is 16.5. The van der Waals surface area contributed by atoms with Crippen LogP contribution in [0, 0.1) is 13.8 Å². The molecule has 1 aromatic heterocycles. The molecule has 0 bridgehead atoms. The van der Waals surface area contributed by atoms with Crippen LogP contribution in [-0.2, 0) is 4.79 Å². The summed E-state index contributed by atoms with van der Waals surface area (Å²) in [5.41, 5.74) is 4.20. The van der Waals surface area contributed by atoms with Gasteiger partial charge in [0.15, 0.2) is 0 Å². The molecule has 6 heteroatoms. The predicted octanol–water partition coefficient (Wildman–Crippen LogP) is 4.26. The van der Waals surface area contributed by atoms with Gasteiger partial charge in [0.1, 0.15) is 5.69 Å². The van der Waals surface area contributed by atoms with Gasteiger partial charge in [0.25, 0.3) is 5.91 Å². The third kappa shape index (κ3) is 3.51. The highest BCUT2D eigenvalue weighted by atomic mass is 79.9. The van der Waals surface area contributed by atoms with E-state index in [4.69, 9.17) is 0 Å². The van der Waals surface area contributed by atoms with Crippen LogP contribution >= 0.6 is 15.9 Å². The molecule has 26 heavy (non-hydrogen) atoms. The zero-order chi connectivity index (χ0) is 18.8. The molecule has 0 aliphatic carbocycles. The van der Waals surface area contributed by atoms with Crippen molar-refractivity contribution in [2.24, 2.45) is 0 Å². The van der Waals surface area contributed by atoms with E-state index in [1.807, 2.05) is 56.3 Å². The number of hydrogen-bond acceptors (Lipinski definition) is 2. The van der Waals surface area contributed by atoms with Gasteiger partial charge in [-0.3, -0.25) is 9.59 Å². The minimum Gasteiger partial charge on any atom is -0.350 e. The second-order valence-corrected chi connectivity index (χ2v) is 7.11. The fourth-order valence-electron chi connectivity index (χ4n) is 2.81. The normalized spacial score (nSPS) is 10.8. The number of benzene rings is 2. The number of fused-ring (bicyclic) bond motifs is 1. The minimum atomic E-state index is -0.246. The van der Waals surface area contributed by atoms with Gasteiger partial charge in [0.2, 0.25) is 5.91 Å². The highest BCUT2D eigenvalue weighted by Gasteiger charge is 2.21. The SMILES string of the molecule is Cc1cccc(NC(=O)CN(C)C(=O)c2[nH]c3ccccc3c2Br)c1C. The van der Waals surface area contributed by atoms with Crippen molar-refractivity contribution in [3.63, 3.8) is 0 Å². The van der Waals surface area contributed by atoms with Crippen LogP contribution in [0.1, 0.15) is 21.6 Å². The van der Waals surface area contributed by atoms with Crippen LogP contribution < -0.4 is 5.32 Å². The summed E-state index contributed by atoms with van der Waals surface area (Å²) in [6.07, 6.45) is 0. The molecule has 0 aliphatic heterocycles. The maximum atomic E-state index is 12.7. The number of rotatable bonds is 4. The molecule has 3 aromatic rings. The Labute approximate surface area is 160 Å². The number of halogens is 1. The van der Waals surface area contributed by atoms with Gasteiger partial charge >= 0.3 is 0 Å². The average Bonchev–Trinajstić information content (AvgIpc) is 2.95. The number of likely N-dealkylation sites (N-methyl/N-ethyl adjacent to an activating group) is 1. The summed E-state index contributed by atoms with van der Waals surface area (Å²) in [6, 6.07) is 13.4. The van der Waals surface area contributed by atoms with Crippen molar-refractivity contribution in [3.8, 4) is 0 Å². The smallest absolute Gasteiger partial charge is 0.271 e. The Morgan fingerprint density at radius 1 is 1.12 bits per heavy atom. The summed E-state index contributed by atoms with van der Waals surface area (Å²) < 4.78 is 0.708. The number of carbonyl (C=O) groups is 2. The number of H-pyrrole nitrogens is 1. The van der Waals surface area contributed by atoms with Gasteiger partial charge in [-0.1, -0.05) is 30.3 Å². The molecule has 2 N–H and O–H groups in total. The molecule has 5 nitrogen and oxygen atoms in total. The lowest BCUT2D eigenvalue weighted by Gasteiger charge is -2.17. The second kappa shape index (κ2) is 7.33. The fraction of sp³-hybridized carbons (Fsp3) is 0.200.